The Kier molecular flexibility index (Phi) is 3.71. The van der Waals surface area contributed by atoms with Gasteiger partial charge in [-0.15, -0.1) is 0 Å². The SMILES string of the molecule is FC(F)(F)COCCN1C[C@H]2CNC[C@H]2C1. The van der Waals surface area contributed by atoms with Crippen molar-refractivity contribution in [2.45, 2.75) is 6.18 Å². The van der Waals surface area contributed by atoms with Gasteiger partial charge in [0, 0.05) is 19.6 Å². The average molecular weight is 238 g/mol. The number of alkyl halides is 3. The normalized spacial score (nSPS) is 30.9. The first kappa shape index (κ1) is 12.1. The molecule has 2 aliphatic heterocycles. The molecule has 0 saturated carbocycles. The minimum Gasteiger partial charge on any atom is -0.371 e. The summed E-state index contributed by atoms with van der Waals surface area (Å²) in [4.78, 5) is 2.20. The van der Waals surface area contributed by atoms with Crippen molar-refractivity contribution in [1.82, 2.24) is 10.2 Å². The Morgan fingerprint density at radius 2 is 1.81 bits per heavy atom. The number of ether oxygens (including phenoxy) is 1. The molecule has 0 aromatic rings. The van der Waals surface area contributed by atoms with E-state index >= 15 is 0 Å². The monoisotopic (exact) mass is 238 g/mol. The van der Waals surface area contributed by atoms with E-state index in [-0.39, 0.29) is 6.61 Å². The lowest BCUT2D eigenvalue weighted by Crippen LogP contribution is -2.30. The topological polar surface area (TPSA) is 24.5 Å². The number of fused-ring (bicyclic) bond motifs is 1. The molecule has 2 heterocycles. The van der Waals surface area contributed by atoms with Crippen molar-refractivity contribution in [3.8, 4) is 0 Å². The van der Waals surface area contributed by atoms with Gasteiger partial charge in [0.2, 0.25) is 0 Å². The van der Waals surface area contributed by atoms with Gasteiger partial charge in [-0.2, -0.15) is 13.2 Å². The van der Waals surface area contributed by atoms with Crippen molar-refractivity contribution in [3.63, 3.8) is 0 Å². The van der Waals surface area contributed by atoms with Crippen molar-refractivity contribution in [2.75, 3.05) is 45.9 Å². The van der Waals surface area contributed by atoms with Gasteiger partial charge in [0.25, 0.3) is 0 Å². The minimum absolute atomic E-state index is 0.173. The largest absolute Gasteiger partial charge is 0.411 e. The quantitative estimate of drug-likeness (QED) is 0.730. The Morgan fingerprint density at radius 1 is 1.19 bits per heavy atom. The molecule has 2 saturated heterocycles. The molecule has 0 aromatic heterocycles. The predicted molar refractivity (Wildman–Crippen MR) is 53.2 cm³/mol. The third kappa shape index (κ3) is 3.33. The van der Waals surface area contributed by atoms with Crippen LogP contribution in [0.25, 0.3) is 0 Å². The van der Waals surface area contributed by atoms with Crippen LogP contribution in [0.1, 0.15) is 0 Å². The molecular formula is C10H17F3N2O. The molecular weight excluding hydrogens is 221 g/mol. The van der Waals surface area contributed by atoms with Gasteiger partial charge in [-0.3, -0.25) is 0 Å². The maximum atomic E-state index is 11.8. The van der Waals surface area contributed by atoms with Crippen LogP contribution in [0.3, 0.4) is 0 Å². The van der Waals surface area contributed by atoms with E-state index in [1.807, 2.05) is 0 Å². The first-order valence-electron chi connectivity index (χ1n) is 5.62. The molecule has 0 spiro atoms. The van der Waals surface area contributed by atoms with Crippen LogP contribution in [0.2, 0.25) is 0 Å². The van der Waals surface area contributed by atoms with Crippen molar-refractivity contribution < 1.29 is 17.9 Å². The van der Waals surface area contributed by atoms with Gasteiger partial charge in [0.1, 0.15) is 6.61 Å². The number of hydrogen-bond acceptors (Lipinski definition) is 3. The average Bonchev–Trinajstić information content (AvgIpc) is 2.70. The highest BCUT2D eigenvalue weighted by atomic mass is 19.4. The van der Waals surface area contributed by atoms with E-state index in [1.165, 1.54) is 0 Å². The van der Waals surface area contributed by atoms with Crippen molar-refractivity contribution in [3.05, 3.63) is 0 Å². The van der Waals surface area contributed by atoms with Gasteiger partial charge in [0.15, 0.2) is 0 Å². The van der Waals surface area contributed by atoms with Crippen LogP contribution in [0.15, 0.2) is 0 Å². The molecule has 2 aliphatic rings. The summed E-state index contributed by atoms with van der Waals surface area (Å²) in [5.74, 6) is 1.37. The smallest absolute Gasteiger partial charge is 0.371 e. The van der Waals surface area contributed by atoms with Gasteiger partial charge in [0.05, 0.1) is 6.61 Å². The molecule has 0 aliphatic carbocycles. The van der Waals surface area contributed by atoms with Gasteiger partial charge >= 0.3 is 6.18 Å². The number of nitrogens with one attached hydrogen (secondary N) is 1. The summed E-state index contributed by atoms with van der Waals surface area (Å²) in [6, 6.07) is 0. The lowest BCUT2D eigenvalue weighted by Gasteiger charge is -2.17. The Hall–Kier alpha value is -0.330. The second-order valence-electron chi connectivity index (χ2n) is 4.61. The highest BCUT2D eigenvalue weighted by Gasteiger charge is 2.35. The summed E-state index contributed by atoms with van der Waals surface area (Å²) in [5, 5.41) is 3.33. The fourth-order valence-electron chi connectivity index (χ4n) is 2.52. The summed E-state index contributed by atoms with van der Waals surface area (Å²) >= 11 is 0. The van der Waals surface area contributed by atoms with E-state index in [4.69, 9.17) is 0 Å². The molecule has 0 bridgehead atoms. The van der Waals surface area contributed by atoms with Crippen LogP contribution in [0, 0.1) is 11.8 Å². The summed E-state index contributed by atoms with van der Waals surface area (Å²) < 4.78 is 40.0. The fourth-order valence-corrected chi connectivity index (χ4v) is 2.52. The van der Waals surface area contributed by atoms with Crippen molar-refractivity contribution in [1.29, 1.82) is 0 Å². The zero-order valence-electron chi connectivity index (χ0n) is 9.09. The van der Waals surface area contributed by atoms with Crippen LogP contribution in [-0.4, -0.2) is 57.0 Å². The Balaban J connectivity index is 1.58. The highest BCUT2D eigenvalue weighted by Crippen LogP contribution is 2.25. The second-order valence-corrected chi connectivity index (χ2v) is 4.61. The van der Waals surface area contributed by atoms with Crippen molar-refractivity contribution in [2.24, 2.45) is 11.8 Å². The Morgan fingerprint density at radius 3 is 2.38 bits per heavy atom. The van der Waals surface area contributed by atoms with Crippen molar-refractivity contribution >= 4 is 0 Å². The van der Waals surface area contributed by atoms with Crippen LogP contribution in [0.5, 0.6) is 0 Å². The molecule has 3 nitrogen and oxygen atoms in total. The molecule has 0 radical (unpaired) electrons. The van der Waals surface area contributed by atoms with Crippen LogP contribution in [0.4, 0.5) is 13.2 Å². The maximum Gasteiger partial charge on any atom is 0.411 e. The number of hydrogen-bond donors (Lipinski definition) is 1. The summed E-state index contributed by atoms with van der Waals surface area (Å²) in [7, 11) is 0. The Bertz CT molecular complexity index is 223. The molecule has 6 heteroatoms. The van der Waals surface area contributed by atoms with Gasteiger partial charge in [-0.25, -0.2) is 0 Å². The number of halogens is 3. The standard InChI is InChI=1S/C10H17F3N2O/c11-10(12,13)7-16-2-1-15-5-8-3-14-4-9(8)6-15/h8-9,14H,1-7H2/t8-,9+. The van der Waals surface area contributed by atoms with Gasteiger partial charge < -0.3 is 15.0 Å². The van der Waals surface area contributed by atoms with Crippen LogP contribution >= 0.6 is 0 Å². The predicted octanol–water partition coefficient (Wildman–Crippen LogP) is 0.716. The van der Waals surface area contributed by atoms with Gasteiger partial charge in [-0.1, -0.05) is 0 Å². The second kappa shape index (κ2) is 4.89. The number of rotatable bonds is 4. The van der Waals surface area contributed by atoms with E-state index < -0.39 is 12.8 Å². The van der Waals surface area contributed by atoms with Crippen LogP contribution in [-0.2, 0) is 4.74 Å². The molecule has 1 N–H and O–H groups in total. The molecule has 16 heavy (non-hydrogen) atoms. The van der Waals surface area contributed by atoms with E-state index in [9.17, 15) is 13.2 Å². The minimum atomic E-state index is -4.20. The molecule has 94 valence electrons. The number of likely N-dealkylation sites (tertiary alicyclic amines) is 1. The maximum absolute atomic E-state index is 11.8. The molecule has 2 atom stereocenters. The zero-order valence-corrected chi connectivity index (χ0v) is 9.09. The molecule has 0 amide bonds. The van der Waals surface area contributed by atoms with E-state index in [0.717, 1.165) is 26.2 Å². The lowest BCUT2D eigenvalue weighted by molar-refractivity contribution is -0.174. The third-order valence-corrected chi connectivity index (χ3v) is 3.28. The van der Waals surface area contributed by atoms with E-state index in [1.54, 1.807) is 0 Å². The number of nitrogens with zero attached hydrogens (tertiary/aromatic N) is 1. The lowest BCUT2D eigenvalue weighted by atomic mass is 10.0. The molecule has 2 rings (SSSR count). The summed E-state index contributed by atoms with van der Waals surface area (Å²) in [6.45, 7) is 3.74. The van der Waals surface area contributed by atoms with Crippen LogP contribution < -0.4 is 5.32 Å². The summed E-state index contributed by atoms with van der Waals surface area (Å²) in [6.07, 6.45) is -4.20. The highest BCUT2D eigenvalue weighted by molar-refractivity contribution is 4.90. The first-order valence-corrected chi connectivity index (χ1v) is 5.62. The van der Waals surface area contributed by atoms with E-state index in [2.05, 4.69) is 15.0 Å². The summed E-state index contributed by atoms with van der Waals surface area (Å²) in [5.41, 5.74) is 0. The fraction of sp³-hybridized carbons (Fsp3) is 1.00. The molecule has 0 aromatic carbocycles. The first-order chi connectivity index (χ1) is 7.54. The molecule has 2 fully saturated rings. The van der Waals surface area contributed by atoms with E-state index in [0.29, 0.717) is 18.4 Å². The molecule has 0 unspecified atom stereocenters. The third-order valence-electron chi connectivity index (χ3n) is 3.28. The zero-order chi connectivity index (χ0) is 11.6. The Labute approximate surface area is 92.9 Å². The van der Waals surface area contributed by atoms with Gasteiger partial charge in [-0.05, 0) is 24.9 Å².